The molecule has 0 fully saturated rings. The summed E-state index contributed by atoms with van der Waals surface area (Å²) >= 11 is 0. The lowest BCUT2D eigenvalue weighted by Gasteiger charge is -2.02. The van der Waals surface area contributed by atoms with E-state index in [-0.39, 0.29) is 11.6 Å². The third-order valence-electron chi connectivity index (χ3n) is 3.48. The van der Waals surface area contributed by atoms with E-state index in [0.29, 0.717) is 11.2 Å². The minimum atomic E-state index is -0.333. The van der Waals surface area contributed by atoms with Gasteiger partial charge in [0.1, 0.15) is 11.0 Å². The van der Waals surface area contributed by atoms with Crippen molar-refractivity contribution < 1.29 is 4.79 Å². The number of anilines is 1. The van der Waals surface area contributed by atoms with Gasteiger partial charge >= 0.3 is 0 Å². The maximum atomic E-state index is 12.3. The monoisotopic (exact) mass is 319 g/mol. The van der Waals surface area contributed by atoms with Crippen molar-refractivity contribution in [2.75, 3.05) is 5.32 Å². The predicted octanol–water partition coefficient (Wildman–Crippen LogP) is 1.80. The average molecular weight is 319 g/mol. The number of aromatic nitrogens is 6. The van der Waals surface area contributed by atoms with Gasteiger partial charge in [0.2, 0.25) is 0 Å². The Morgan fingerprint density at radius 2 is 1.83 bits per heavy atom. The van der Waals surface area contributed by atoms with E-state index in [1.165, 1.54) is 4.80 Å². The van der Waals surface area contributed by atoms with Crippen molar-refractivity contribution in [2.45, 2.75) is 0 Å². The lowest BCUT2D eigenvalue weighted by Crippen LogP contribution is -2.12. The molecule has 1 amide bonds. The minimum absolute atomic E-state index is 0.234. The van der Waals surface area contributed by atoms with Crippen LogP contribution in [-0.4, -0.2) is 35.9 Å². The predicted molar refractivity (Wildman–Crippen MR) is 87.8 cm³/mol. The molecule has 24 heavy (non-hydrogen) atoms. The van der Waals surface area contributed by atoms with E-state index in [1.54, 1.807) is 36.1 Å². The SMILES string of the molecule is Cn1nc2ccc(NC(=O)c3cn(-c4ccccc4)nn3)cc2n1. The van der Waals surface area contributed by atoms with Gasteiger partial charge in [-0.3, -0.25) is 4.79 Å². The minimum Gasteiger partial charge on any atom is -0.320 e. The summed E-state index contributed by atoms with van der Waals surface area (Å²) < 4.78 is 1.56. The van der Waals surface area contributed by atoms with Gasteiger partial charge in [0.25, 0.3) is 5.91 Å². The average Bonchev–Trinajstić information content (AvgIpc) is 3.21. The molecule has 0 radical (unpaired) electrons. The topological polar surface area (TPSA) is 90.5 Å². The van der Waals surface area contributed by atoms with Crippen molar-refractivity contribution in [2.24, 2.45) is 7.05 Å². The van der Waals surface area contributed by atoms with E-state index in [1.807, 2.05) is 30.3 Å². The molecule has 2 aromatic carbocycles. The van der Waals surface area contributed by atoms with Crippen LogP contribution in [0.4, 0.5) is 5.69 Å². The molecule has 8 nitrogen and oxygen atoms in total. The fraction of sp³-hybridized carbons (Fsp3) is 0.0625. The Bertz CT molecular complexity index is 1020. The van der Waals surface area contributed by atoms with E-state index in [9.17, 15) is 4.79 Å². The molecule has 4 aromatic rings. The number of hydrogen-bond acceptors (Lipinski definition) is 5. The number of aryl methyl sites for hydroxylation is 1. The van der Waals surface area contributed by atoms with Crippen molar-refractivity contribution in [3.8, 4) is 5.69 Å². The summed E-state index contributed by atoms with van der Waals surface area (Å²) in [4.78, 5) is 13.8. The second-order valence-electron chi connectivity index (χ2n) is 5.23. The molecule has 2 heterocycles. The Kier molecular flexibility index (Phi) is 3.27. The van der Waals surface area contributed by atoms with Gasteiger partial charge in [0.15, 0.2) is 5.69 Å². The second-order valence-corrected chi connectivity index (χ2v) is 5.23. The molecule has 2 aromatic heterocycles. The fourth-order valence-electron chi connectivity index (χ4n) is 2.37. The summed E-state index contributed by atoms with van der Waals surface area (Å²) in [5.74, 6) is -0.333. The highest BCUT2D eigenvalue weighted by atomic mass is 16.2. The van der Waals surface area contributed by atoms with Crippen LogP contribution in [0, 0.1) is 0 Å². The van der Waals surface area contributed by atoms with Crippen LogP contribution in [-0.2, 0) is 7.05 Å². The van der Waals surface area contributed by atoms with Gasteiger partial charge in [-0.25, -0.2) is 4.68 Å². The van der Waals surface area contributed by atoms with Crippen molar-refractivity contribution in [1.82, 2.24) is 30.0 Å². The number of nitrogens with one attached hydrogen (secondary N) is 1. The van der Waals surface area contributed by atoms with Crippen molar-refractivity contribution in [1.29, 1.82) is 0 Å². The van der Waals surface area contributed by atoms with Gasteiger partial charge in [-0.05, 0) is 30.3 Å². The summed E-state index contributed by atoms with van der Waals surface area (Å²) in [6.45, 7) is 0. The summed E-state index contributed by atoms with van der Waals surface area (Å²) in [5, 5.41) is 19.1. The molecule has 0 aliphatic rings. The first-order valence-electron chi connectivity index (χ1n) is 7.29. The molecule has 0 saturated carbocycles. The molecule has 0 bridgehead atoms. The highest BCUT2D eigenvalue weighted by molar-refractivity contribution is 6.03. The maximum Gasteiger partial charge on any atom is 0.277 e. The standard InChI is InChI=1S/C16H13N7O/c1-22-19-13-8-7-11(9-14(13)20-22)17-16(24)15-10-23(21-18-15)12-5-3-2-4-6-12/h2-10H,1H3,(H,17,24). The molecule has 0 unspecified atom stereocenters. The van der Waals surface area contributed by atoms with E-state index >= 15 is 0 Å². The Hall–Kier alpha value is -3.55. The molecule has 0 atom stereocenters. The van der Waals surface area contributed by atoms with E-state index in [2.05, 4.69) is 25.8 Å². The van der Waals surface area contributed by atoms with Crippen LogP contribution in [0.3, 0.4) is 0 Å². The summed E-state index contributed by atoms with van der Waals surface area (Å²) in [6, 6.07) is 14.8. The van der Waals surface area contributed by atoms with Crippen LogP contribution in [0.15, 0.2) is 54.7 Å². The molecule has 0 aliphatic heterocycles. The molecule has 0 aliphatic carbocycles. The molecule has 4 rings (SSSR count). The number of rotatable bonds is 3. The van der Waals surface area contributed by atoms with Crippen molar-refractivity contribution in [3.05, 3.63) is 60.4 Å². The summed E-state index contributed by atoms with van der Waals surface area (Å²) in [6.07, 6.45) is 1.59. The molecule has 0 spiro atoms. The number of fused-ring (bicyclic) bond motifs is 1. The van der Waals surface area contributed by atoms with Crippen molar-refractivity contribution >= 4 is 22.6 Å². The fourth-order valence-corrected chi connectivity index (χ4v) is 2.37. The second kappa shape index (κ2) is 5.58. The molecular formula is C16H13N7O. The molecule has 8 heteroatoms. The summed E-state index contributed by atoms with van der Waals surface area (Å²) in [7, 11) is 1.75. The first kappa shape index (κ1) is 14.1. The number of carbonyl (C=O) groups is 1. The third-order valence-corrected chi connectivity index (χ3v) is 3.48. The van der Waals surface area contributed by atoms with Gasteiger partial charge in [-0.15, -0.1) is 5.10 Å². The van der Waals surface area contributed by atoms with E-state index in [4.69, 9.17) is 0 Å². The number of para-hydroxylation sites is 1. The number of amides is 1. The van der Waals surface area contributed by atoms with Gasteiger partial charge in [-0.2, -0.15) is 15.0 Å². The van der Waals surface area contributed by atoms with Crippen LogP contribution in [0.2, 0.25) is 0 Å². The highest BCUT2D eigenvalue weighted by Gasteiger charge is 2.12. The molecular weight excluding hydrogens is 306 g/mol. The largest absolute Gasteiger partial charge is 0.320 e. The summed E-state index contributed by atoms with van der Waals surface area (Å²) in [5.41, 5.74) is 3.18. The van der Waals surface area contributed by atoms with E-state index in [0.717, 1.165) is 11.2 Å². The third kappa shape index (κ3) is 2.60. The normalized spacial score (nSPS) is 10.9. The Labute approximate surface area is 136 Å². The molecule has 0 saturated heterocycles. The zero-order valence-electron chi connectivity index (χ0n) is 12.8. The zero-order chi connectivity index (χ0) is 16.5. The number of nitrogens with zero attached hydrogens (tertiary/aromatic N) is 6. The van der Waals surface area contributed by atoms with Crippen LogP contribution in [0.25, 0.3) is 16.7 Å². The smallest absolute Gasteiger partial charge is 0.277 e. The van der Waals surface area contributed by atoms with Crippen LogP contribution >= 0.6 is 0 Å². The van der Waals surface area contributed by atoms with Gasteiger partial charge < -0.3 is 5.32 Å². The van der Waals surface area contributed by atoms with Crippen LogP contribution in [0.5, 0.6) is 0 Å². The number of carbonyl (C=O) groups excluding carboxylic acids is 1. The van der Waals surface area contributed by atoms with Gasteiger partial charge in [0.05, 0.1) is 11.9 Å². The van der Waals surface area contributed by atoms with E-state index < -0.39 is 0 Å². The lowest BCUT2D eigenvalue weighted by atomic mass is 10.2. The lowest BCUT2D eigenvalue weighted by molar-refractivity contribution is 0.102. The highest BCUT2D eigenvalue weighted by Crippen LogP contribution is 2.16. The first-order chi connectivity index (χ1) is 11.7. The van der Waals surface area contributed by atoms with Gasteiger partial charge in [-0.1, -0.05) is 23.4 Å². The Morgan fingerprint density at radius 3 is 2.67 bits per heavy atom. The first-order valence-corrected chi connectivity index (χ1v) is 7.29. The quantitative estimate of drug-likeness (QED) is 0.622. The van der Waals surface area contributed by atoms with Crippen LogP contribution in [0.1, 0.15) is 10.5 Å². The number of hydrogen-bond donors (Lipinski definition) is 1. The van der Waals surface area contributed by atoms with Gasteiger partial charge in [0, 0.05) is 12.7 Å². The Morgan fingerprint density at radius 1 is 1.04 bits per heavy atom. The molecule has 1 N–H and O–H groups in total. The molecule has 118 valence electrons. The van der Waals surface area contributed by atoms with Crippen LogP contribution < -0.4 is 5.32 Å². The zero-order valence-corrected chi connectivity index (χ0v) is 12.8. The number of benzene rings is 2. The Balaban J connectivity index is 1.56. The maximum absolute atomic E-state index is 12.3. The van der Waals surface area contributed by atoms with Crippen molar-refractivity contribution in [3.63, 3.8) is 0 Å².